The SMILES string of the molecule is CP(=O)(O)CCC/C=C\CC1C2CC[C@@H](C2)C1NS(=O)(=O)c1ccc(-c2c(F)cccc2F)cc1. The molecule has 0 aliphatic heterocycles. The van der Waals surface area contributed by atoms with Crippen molar-refractivity contribution in [2.45, 2.75) is 49.5 Å². The third kappa shape index (κ3) is 6.29. The molecule has 2 fully saturated rings. The number of allylic oxidation sites excluding steroid dienone is 2. The van der Waals surface area contributed by atoms with Crippen molar-refractivity contribution >= 4 is 17.4 Å². The number of fused-ring (bicyclic) bond motifs is 2. The smallest absolute Gasteiger partial charge is 0.240 e. The van der Waals surface area contributed by atoms with Crippen LogP contribution in [-0.2, 0) is 14.6 Å². The van der Waals surface area contributed by atoms with E-state index < -0.39 is 29.0 Å². The van der Waals surface area contributed by atoms with Gasteiger partial charge in [0.25, 0.3) is 0 Å². The van der Waals surface area contributed by atoms with Gasteiger partial charge >= 0.3 is 0 Å². The van der Waals surface area contributed by atoms with E-state index in [1.54, 1.807) is 0 Å². The molecular formula is C26H32F2NO4PS. The Kier molecular flexibility index (Phi) is 7.96. The molecule has 35 heavy (non-hydrogen) atoms. The molecule has 2 bridgehead atoms. The quantitative estimate of drug-likeness (QED) is 0.229. The zero-order chi connectivity index (χ0) is 25.2. The highest BCUT2D eigenvalue weighted by Crippen LogP contribution is 2.50. The van der Waals surface area contributed by atoms with Crippen LogP contribution in [0.4, 0.5) is 8.78 Å². The van der Waals surface area contributed by atoms with E-state index in [9.17, 15) is 26.7 Å². The largest absolute Gasteiger partial charge is 0.344 e. The van der Waals surface area contributed by atoms with Crippen molar-refractivity contribution < 1.29 is 26.7 Å². The van der Waals surface area contributed by atoms with E-state index in [2.05, 4.69) is 10.8 Å². The summed E-state index contributed by atoms with van der Waals surface area (Å²) >= 11 is 0. The van der Waals surface area contributed by atoms with Gasteiger partial charge in [0.1, 0.15) is 11.6 Å². The number of hydrogen-bond donors (Lipinski definition) is 2. The van der Waals surface area contributed by atoms with Gasteiger partial charge in [-0.1, -0.05) is 30.4 Å². The van der Waals surface area contributed by atoms with Crippen LogP contribution in [-0.4, -0.2) is 32.2 Å². The van der Waals surface area contributed by atoms with Crippen LogP contribution in [0.25, 0.3) is 11.1 Å². The summed E-state index contributed by atoms with van der Waals surface area (Å²) in [6, 6.07) is 9.11. The second-order valence-electron chi connectivity index (χ2n) is 9.89. The van der Waals surface area contributed by atoms with Gasteiger partial charge in [-0.2, -0.15) is 0 Å². The lowest BCUT2D eigenvalue weighted by Gasteiger charge is -2.31. The van der Waals surface area contributed by atoms with Gasteiger partial charge in [-0.15, -0.1) is 0 Å². The van der Waals surface area contributed by atoms with Crippen LogP contribution in [0.15, 0.2) is 59.5 Å². The minimum atomic E-state index is -3.79. The van der Waals surface area contributed by atoms with Crippen molar-refractivity contribution in [3.8, 4) is 11.1 Å². The Morgan fingerprint density at radius 2 is 1.71 bits per heavy atom. The molecule has 9 heteroatoms. The molecule has 0 saturated heterocycles. The molecule has 0 spiro atoms. The predicted molar refractivity (Wildman–Crippen MR) is 134 cm³/mol. The summed E-state index contributed by atoms with van der Waals surface area (Å²) < 4.78 is 68.9. The number of hydrogen-bond acceptors (Lipinski definition) is 3. The van der Waals surface area contributed by atoms with E-state index in [1.807, 2.05) is 6.08 Å². The molecule has 0 heterocycles. The molecule has 2 saturated carbocycles. The molecule has 2 aromatic carbocycles. The molecule has 2 aliphatic rings. The van der Waals surface area contributed by atoms with Crippen molar-refractivity contribution in [1.82, 2.24) is 4.72 Å². The first-order valence-electron chi connectivity index (χ1n) is 12.1. The fourth-order valence-electron chi connectivity index (χ4n) is 5.63. The van der Waals surface area contributed by atoms with E-state index in [-0.39, 0.29) is 28.0 Å². The van der Waals surface area contributed by atoms with E-state index >= 15 is 0 Å². The van der Waals surface area contributed by atoms with Gasteiger partial charge in [0.15, 0.2) is 7.37 Å². The third-order valence-corrected chi connectivity index (χ3v) is 9.94. The van der Waals surface area contributed by atoms with Crippen molar-refractivity contribution in [1.29, 1.82) is 0 Å². The molecule has 0 radical (unpaired) electrons. The monoisotopic (exact) mass is 523 g/mol. The van der Waals surface area contributed by atoms with Gasteiger partial charge in [0, 0.05) is 18.9 Å². The lowest BCUT2D eigenvalue weighted by molar-refractivity contribution is 0.274. The Hall–Kier alpha value is -1.86. The summed E-state index contributed by atoms with van der Waals surface area (Å²) in [6.07, 6.45) is 9.67. The molecule has 0 aromatic heterocycles. The zero-order valence-electron chi connectivity index (χ0n) is 19.7. The summed E-state index contributed by atoms with van der Waals surface area (Å²) in [5.41, 5.74) is 0.105. The Bertz CT molecular complexity index is 1210. The molecule has 5 atom stereocenters. The van der Waals surface area contributed by atoms with Crippen LogP contribution in [0.5, 0.6) is 0 Å². The Morgan fingerprint density at radius 3 is 2.37 bits per heavy atom. The van der Waals surface area contributed by atoms with Crippen LogP contribution in [0.2, 0.25) is 0 Å². The first kappa shape index (κ1) is 26.2. The Labute approximate surface area is 206 Å². The minimum absolute atomic E-state index is 0.0723. The standard InChI is InChI=1S/C26H32F2NO4PS/c1-34(30,31)16-5-3-2-4-7-22-19-10-11-20(17-19)26(22)29-35(32,33)21-14-12-18(13-15-21)25-23(27)8-6-9-24(25)28/h2,4,6,8-9,12-15,19-20,22,26,29H,3,5,7,10-11,16-17H2,1H3,(H,30,31)/b4-2-/t19?,20-,22?,26?/m0/s1. The highest BCUT2D eigenvalue weighted by molar-refractivity contribution is 7.89. The number of unbranched alkanes of at least 4 members (excludes halogenated alkanes) is 1. The molecule has 190 valence electrons. The van der Waals surface area contributed by atoms with Gasteiger partial charge in [-0.25, -0.2) is 21.9 Å². The van der Waals surface area contributed by atoms with Gasteiger partial charge in [-0.3, -0.25) is 4.57 Å². The van der Waals surface area contributed by atoms with Crippen molar-refractivity contribution in [3.63, 3.8) is 0 Å². The van der Waals surface area contributed by atoms with Crippen molar-refractivity contribution in [3.05, 3.63) is 66.3 Å². The fraction of sp³-hybridized carbons (Fsp3) is 0.462. The van der Waals surface area contributed by atoms with Crippen LogP contribution < -0.4 is 4.72 Å². The topological polar surface area (TPSA) is 83.5 Å². The van der Waals surface area contributed by atoms with E-state index in [4.69, 9.17) is 0 Å². The van der Waals surface area contributed by atoms with Crippen LogP contribution in [0.3, 0.4) is 0 Å². The molecular weight excluding hydrogens is 491 g/mol. The van der Waals surface area contributed by atoms with Crippen molar-refractivity contribution in [2.24, 2.45) is 17.8 Å². The second kappa shape index (κ2) is 10.6. The Balaban J connectivity index is 1.42. The van der Waals surface area contributed by atoms with Gasteiger partial charge in [0.05, 0.1) is 10.5 Å². The first-order chi connectivity index (χ1) is 16.5. The normalized spacial score (nSPS) is 25.8. The number of sulfonamides is 1. The van der Waals surface area contributed by atoms with Crippen LogP contribution in [0, 0.1) is 29.4 Å². The summed E-state index contributed by atoms with van der Waals surface area (Å²) in [6.45, 7) is 1.37. The molecule has 0 amide bonds. The lowest BCUT2D eigenvalue weighted by Crippen LogP contribution is -2.43. The lowest BCUT2D eigenvalue weighted by atomic mass is 9.83. The van der Waals surface area contributed by atoms with Gasteiger partial charge < -0.3 is 4.89 Å². The predicted octanol–water partition coefficient (Wildman–Crippen LogP) is 5.95. The highest BCUT2D eigenvalue weighted by atomic mass is 32.2. The maximum absolute atomic E-state index is 14.1. The average Bonchev–Trinajstić information content (AvgIpc) is 3.38. The Morgan fingerprint density at radius 1 is 1.06 bits per heavy atom. The molecule has 2 aromatic rings. The van der Waals surface area contributed by atoms with Crippen LogP contribution in [0.1, 0.15) is 38.5 Å². The minimum Gasteiger partial charge on any atom is -0.344 e. The maximum atomic E-state index is 14.1. The summed E-state index contributed by atoms with van der Waals surface area (Å²) in [7, 11) is -6.77. The second-order valence-corrected chi connectivity index (χ2v) is 14.2. The molecule has 4 rings (SSSR count). The zero-order valence-corrected chi connectivity index (χ0v) is 21.4. The number of rotatable bonds is 10. The number of nitrogens with one attached hydrogen (secondary N) is 1. The van der Waals surface area contributed by atoms with E-state index in [0.29, 0.717) is 24.4 Å². The highest BCUT2D eigenvalue weighted by Gasteiger charge is 2.48. The molecule has 4 unspecified atom stereocenters. The maximum Gasteiger partial charge on any atom is 0.240 e. The third-order valence-electron chi connectivity index (χ3n) is 7.31. The summed E-state index contributed by atoms with van der Waals surface area (Å²) in [5.74, 6) is -0.396. The van der Waals surface area contributed by atoms with Gasteiger partial charge in [0.2, 0.25) is 10.0 Å². The van der Waals surface area contributed by atoms with E-state index in [1.165, 1.54) is 49.1 Å². The first-order valence-corrected chi connectivity index (χ1v) is 15.8. The number of halogens is 2. The van der Waals surface area contributed by atoms with Crippen molar-refractivity contribution in [2.75, 3.05) is 12.8 Å². The fourth-order valence-corrected chi connectivity index (χ4v) is 7.75. The molecule has 2 aliphatic carbocycles. The summed E-state index contributed by atoms with van der Waals surface area (Å²) in [4.78, 5) is 9.46. The van der Waals surface area contributed by atoms with Gasteiger partial charge in [-0.05, 0) is 86.1 Å². The molecule has 2 N–H and O–H groups in total. The summed E-state index contributed by atoms with van der Waals surface area (Å²) in [5, 5.41) is 0. The number of benzene rings is 2. The average molecular weight is 524 g/mol. The van der Waals surface area contributed by atoms with E-state index in [0.717, 1.165) is 32.1 Å². The molecule has 5 nitrogen and oxygen atoms in total. The van der Waals surface area contributed by atoms with Crippen LogP contribution >= 0.6 is 7.37 Å².